The number of fused-ring (bicyclic) bond motifs is 6. The SMILES string of the molecule is c1ccc(-c2ccc(-c3c(N(c4ccc(-c5ccccc5)cc4)c4ccc5c(c4)C(c4ccccc4)(c4ccccc4)c4ccccc4-5)ccc4c3oc3ccccc34)cc2)cc1. The molecule has 296 valence electrons. The Balaban J connectivity index is 1.14. The lowest BCUT2D eigenvalue weighted by Crippen LogP contribution is -2.28. The molecule has 0 aliphatic heterocycles. The molecule has 0 saturated carbocycles. The predicted octanol–water partition coefficient (Wildman–Crippen LogP) is 16.4. The lowest BCUT2D eigenvalue weighted by Gasteiger charge is -2.35. The third kappa shape index (κ3) is 5.95. The largest absolute Gasteiger partial charge is 0.455 e. The van der Waals surface area contributed by atoms with Crippen molar-refractivity contribution in [3.8, 4) is 44.5 Å². The molecule has 0 bridgehead atoms. The molecule has 2 heteroatoms. The Labute approximate surface area is 367 Å². The Morgan fingerprint density at radius 3 is 1.48 bits per heavy atom. The first-order valence-electron chi connectivity index (χ1n) is 21.7. The van der Waals surface area contributed by atoms with Crippen LogP contribution < -0.4 is 4.90 Å². The fraction of sp³-hybridized carbons (Fsp3) is 0.0164. The maximum Gasteiger partial charge on any atom is 0.145 e. The zero-order valence-corrected chi connectivity index (χ0v) is 34.5. The second-order valence-corrected chi connectivity index (χ2v) is 16.4. The Hall–Kier alpha value is -8.20. The van der Waals surface area contributed by atoms with E-state index in [0.29, 0.717) is 0 Å². The predicted molar refractivity (Wildman–Crippen MR) is 262 cm³/mol. The van der Waals surface area contributed by atoms with Crippen molar-refractivity contribution >= 4 is 39.0 Å². The highest BCUT2D eigenvalue weighted by molar-refractivity contribution is 6.13. The molecule has 0 atom stereocenters. The van der Waals surface area contributed by atoms with Gasteiger partial charge in [-0.1, -0.05) is 206 Å². The molecule has 1 aliphatic carbocycles. The summed E-state index contributed by atoms with van der Waals surface area (Å²) in [6.45, 7) is 0. The summed E-state index contributed by atoms with van der Waals surface area (Å²) in [7, 11) is 0. The van der Waals surface area contributed by atoms with Crippen LogP contribution >= 0.6 is 0 Å². The Morgan fingerprint density at radius 2 is 0.825 bits per heavy atom. The van der Waals surface area contributed by atoms with Crippen molar-refractivity contribution in [1.82, 2.24) is 0 Å². The average molecular weight is 804 g/mol. The van der Waals surface area contributed by atoms with Crippen LogP contribution in [0.2, 0.25) is 0 Å². The van der Waals surface area contributed by atoms with Gasteiger partial charge in [-0.3, -0.25) is 0 Å². The average Bonchev–Trinajstić information content (AvgIpc) is 3.89. The van der Waals surface area contributed by atoms with E-state index in [0.717, 1.165) is 50.1 Å². The number of furan rings is 1. The zero-order valence-electron chi connectivity index (χ0n) is 34.5. The Kier molecular flexibility index (Phi) is 8.76. The van der Waals surface area contributed by atoms with Crippen LogP contribution in [0.15, 0.2) is 253 Å². The molecule has 0 N–H and O–H groups in total. The van der Waals surface area contributed by atoms with Gasteiger partial charge in [0.2, 0.25) is 0 Å². The van der Waals surface area contributed by atoms with Crippen molar-refractivity contribution in [3.05, 3.63) is 271 Å². The van der Waals surface area contributed by atoms with E-state index in [1.165, 1.54) is 55.6 Å². The molecular formula is C61H41NO. The smallest absolute Gasteiger partial charge is 0.145 e. The summed E-state index contributed by atoms with van der Waals surface area (Å²) in [5.41, 5.74) is 18.7. The van der Waals surface area contributed by atoms with Gasteiger partial charge in [-0.25, -0.2) is 0 Å². The standard InChI is InChI=1S/C61H41NO/c1-5-17-42(18-6-1)44-29-31-46(32-30-44)59-57(40-39-54-53-26-14-16-28-58(53)63-60(54)59)62(49-35-33-45(34-36-49)43-19-7-2-8-20-43)50-37-38-52-51-25-13-15-27-55(51)61(56(52)41-50,47-21-9-3-10-22-47)48-23-11-4-12-24-48/h1-41H. The molecule has 2 nitrogen and oxygen atoms in total. The second kappa shape index (κ2) is 15.1. The van der Waals surface area contributed by atoms with Crippen LogP contribution in [0.1, 0.15) is 22.3 Å². The third-order valence-corrected chi connectivity index (χ3v) is 13.0. The summed E-state index contributed by atoms with van der Waals surface area (Å²) in [6, 6.07) is 90.2. The maximum absolute atomic E-state index is 6.93. The van der Waals surface area contributed by atoms with Gasteiger partial charge in [-0.15, -0.1) is 0 Å². The molecule has 0 radical (unpaired) electrons. The molecular weight excluding hydrogens is 763 g/mol. The van der Waals surface area contributed by atoms with Crippen LogP contribution in [-0.4, -0.2) is 0 Å². The van der Waals surface area contributed by atoms with Crippen molar-refractivity contribution in [2.45, 2.75) is 5.41 Å². The van der Waals surface area contributed by atoms with Crippen molar-refractivity contribution in [3.63, 3.8) is 0 Å². The van der Waals surface area contributed by atoms with Crippen LogP contribution in [-0.2, 0) is 5.41 Å². The van der Waals surface area contributed by atoms with Gasteiger partial charge in [-0.05, 0) is 104 Å². The molecule has 10 aromatic carbocycles. The molecule has 0 saturated heterocycles. The second-order valence-electron chi connectivity index (χ2n) is 16.4. The molecule has 0 amide bonds. The first kappa shape index (κ1) is 36.6. The summed E-state index contributed by atoms with van der Waals surface area (Å²) in [4.78, 5) is 2.44. The summed E-state index contributed by atoms with van der Waals surface area (Å²) in [5, 5.41) is 2.19. The van der Waals surface area contributed by atoms with Crippen LogP contribution in [0, 0.1) is 0 Å². The minimum atomic E-state index is -0.550. The molecule has 0 unspecified atom stereocenters. The molecule has 1 aliphatic rings. The lowest BCUT2D eigenvalue weighted by atomic mass is 9.67. The van der Waals surface area contributed by atoms with Gasteiger partial charge >= 0.3 is 0 Å². The van der Waals surface area contributed by atoms with Gasteiger partial charge in [0.05, 0.1) is 11.1 Å². The summed E-state index contributed by atoms with van der Waals surface area (Å²) in [6.07, 6.45) is 0. The first-order valence-corrected chi connectivity index (χ1v) is 21.7. The number of hydrogen-bond donors (Lipinski definition) is 0. The fourth-order valence-electron chi connectivity index (χ4n) is 10.1. The van der Waals surface area contributed by atoms with E-state index in [1.54, 1.807) is 0 Å². The summed E-state index contributed by atoms with van der Waals surface area (Å²) < 4.78 is 6.93. The molecule has 12 rings (SSSR count). The topological polar surface area (TPSA) is 16.4 Å². The van der Waals surface area contributed by atoms with E-state index in [9.17, 15) is 0 Å². The van der Waals surface area contributed by atoms with Gasteiger partial charge in [-0.2, -0.15) is 0 Å². The van der Waals surface area contributed by atoms with E-state index >= 15 is 0 Å². The van der Waals surface area contributed by atoms with Gasteiger partial charge in [0.25, 0.3) is 0 Å². The molecule has 63 heavy (non-hydrogen) atoms. The van der Waals surface area contributed by atoms with E-state index in [-0.39, 0.29) is 0 Å². The van der Waals surface area contributed by atoms with Gasteiger partial charge < -0.3 is 9.32 Å². The van der Waals surface area contributed by atoms with E-state index in [4.69, 9.17) is 4.42 Å². The first-order chi connectivity index (χ1) is 31.3. The van der Waals surface area contributed by atoms with Gasteiger partial charge in [0, 0.05) is 27.7 Å². The van der Waals surface area contributed by atoms with E-state index in [2.05, 4.69) is 254 Å². The summed E-state index contributed by atoms with van der Waals surface area (Å²) >= 11 is 0. The van der Waals surface area contributed by atoms with Gasteiger partial charge in [0.15, 0.2) is 0 Å². The number of anilines is 3. The van der Waals surface area contributed by atoms with Crippen LogP contribution in [0.3, 0.4) is 0 Å². The van der Waals surface area contributed by atoms with E-state index < -0.39 is 5.41 Å². The lowest BCUT2D eigenvalue weighted by molar-refractivity contribution is 0.670. The zero-order chi connectivity index (χ0) is 41.7. The minimum absolute atomic E-state index is 0.550. The molecule has 1 heterocycles. The van der Waals surface area contributed by atoms with Crippen LogP contribution in [0.25, 0.3) is 66.4 Å². The van der Waals surface area contributed by atoms with Crippen molar-refractivity contribution in [1.29, 1.82) is 0 Å². The Bertz CT molecular complexity index is 3370. The fourth-order valence-corrected chi connectivity index (χ4v) is 10.1. The van der Waals surface area contributed by atoms with Crippen molar-refractivity contribution < 1.29 is 4.42 Å². The number of para-hydroxylation sites is 1. The quantitative estimate of drug-likeness (QED) is 0.152. The highest BCUT2D eigenvalue weighted by Crippen LogP contribution is 2.58. The van der Waals surface area contributed by atoms with Crippen LogP contribution in [0.5, 0.6) is 0 Å². The number of hydrogen-bond acceptors (Lipinski definition) is 2. The number of rotatable bonds is 8. The number of nitrogens with zero attached hydrogens (tertiary/aromatic N) is 1. The monoisotopic (exact) mass is 803 g/mol. The van der Waals surface area contributed by atoms with E-state index in [1.807, 2.05) is 0 Å². The maximum atomic E-state index is 6.93. The van der Waals surface area contributed by atoms with Crippen molar-refractivity contribution in [2.75, 3.05) is 4.90 Å². The minimum Gasteiger partial charge on any atom is -0.455 e. The Morgan fingerprint density at radius 1 is 0.333 bits per heavy atom. The normalized spacial score (nSPS) is 12.6. The summed E-state index contributed by atoms with van der Waals surface area (Å²) in [5.74, 6) is 0. The van der Waals surface area contributed by atoms with Crippen LogP contribution in [0.4, 0.5) is 17.1 Å². The number of benzene rings is 10. The highest BCUT2D eigenvalue weighted by Gasteiger charge is 2.46. The molecule has 1 aromatic heterocycles. The third-order valence-electron chi connectivity index (χ3n) is 13.0. The van der Waals surface area contributed by atoms with Gasteiger partial charge in [0.1, 0.15) is 11.2 Å². The highest BCUT2D eigenvalue weighted by atomic mass is 16.3. The van der Waals surface area contributed by atoms with Crippen molar-refractivity contribution in [2.24, 2.45) is 0 Å². The molecule has 0 spiro atoms. The molecule has 11 aromatic rings. The molecule has 0 fully saturated rings.